The first-order chi connectivity index (χ1) is 18.5. The Labute approximate surface area is 248 Å². The van der Waals surface area contributed by atoms with Crippen LogP contribution in [0.15, 0.2) is 30.3 Å². The maximum atomic E-state index is 13.5. The third-order valence-corrected chi connectivity index (χ3v) is 9.71. The molecule has 2 unspecified atom stereocenters. The number of carbonyl (C=O) groups is 2. The molecule has 1 aromatic rings. The van der Waals surface area contributed by atoms with E-state index in [0.717, 1.165) is 39.0 Å². The Morgan fingerprint density at radius 2 is 1.73 bits per heavy atom. The predicted octanol–water partition coefficient (Wildman–Crippen LogP) is 5.24. The molecular weight excluding hydrogens is 524 g/mol. The van der Waals surface area contributed by atoms with E-state index in [0.29, 0.717) is 49.4 Å². The van der Waals surface area contributed by atoms with Gasteiger partial charge >= 0.3 is 6.03 Å². The third-order valence-electron chi connectivity index (χ3n) is 9.71. The van der Waals surface area contributed by atoms with Gasteiger partial charge in [0.05, 0.1) is 12.1 Å². The number of halogens is 1. The average molecular weight is 575 g/mol. The topological polar surface area (TPSA) is 56.3 Å². The van der Waals surface area contributed by atoms with Gasteiger partial charge in [0, 0.05) is 70.3 Å². The molecule has 0 radical (unpaired) electrons. The number of likely N-dealkylation sites (tertiary alicyclic amines) is 1. The maximum Gasteiger partial charge on any atom is 0.320 e. The van der Waals surface area contributed by atoms with E-state index in [-0.39, 0.29) is 35.4 Å². The summed E-state index contributed by atoms with van der Waals surface area (Å²) in [5.41, 5.74) is 1.27. The van der Waals surface area contributed by atoms with E-state index in [2.05, 4.69) is 79.7 Å². The Morgan fingerprint density at radius 3 is 2.30 bits per heavy atom. The number of carbonyl (C=O) groups excluding carboxylic acids is 2. The molecule has 4 atom stereocenters. The van der Waals surface area contributed by atoms with Crippen LogP contribution in [-0.2, 0) is 9.53 Å². The van der Waals surface area contributed by atoms with Crippen molar-refractivity contribution in [1.82, 2.24) is 19.6 Å². The zero-order valence-electron chi connectivity index (χ0n) is 25.5. The summed E-state index contributed by atoms with van der Waals surface area (Å²) in [4.78, 5) is 35.9. The second kappa shape index (κ2) is 12.2. The maximum absolute atomic E-state index is 13.5. The lowest BCUT2D eigenvalue weighted by Crippen LogP contribution is -2.60. The average Bonchev–Trinajstić information content (AvgIpc) is 3.48. The molecule has 8 heteroatoms. The molecule has 4 aliphatic heterocycles. The Morgan fingerprint density at radius 1 is 1.07 bits per heavy atom. The van der Waals surface area contributed by atoms with Crippen LogP contribution in [0.25, 0.3) is 0 Å². The van der Waals surface area contributed by atoms with Crippen LogP contribution in [0.1, 0.15) is 78.2 Å². The Hall–Kier alpha value is -1.83. The van der Waals surface area contributed by atoms with E-state index in [1.165, 1.54) is 18.4 Å². The Balaban J connectivity index is 0.00000370. The zero-order chi connectivity index (χ0) is 27.9. The number of benzene rings is 1. The van der Waals surface area contributed by atoms with Gasteiger partial charge in [-0.05, 0) is 56.4 Å². The van der Waals surface area contributed by atoms with Crippen LogP contribution in [0, 0.1) is 11.3 Å². The second-order valence-electron chi connectivity index (χ2n) is 14.2. The van der Waals surface area contributed by atoms with Crippen molar-refractivity contribution in [2.75, 3.05) is 46.4 Å². The molecule has 7 nitrogen and oxygen atoms in total. The van der Waals surface area contributed by atoms with E-state index in [4.69, 9.17) is 4.74 Å². The first-order valence-corrected chi connectivity index (χ1v) is 15.2. The number of hydrogen-bond acceptors (Lipinski definition) is 4. The third kappa shape index (κ3) is 6.17. The normalized spacial score (nSPS) is 30.6. The van der Waals surface area contributed by atoms with Crippen LogP contribution in [0.2, 0.25) is 0 Å². The molecule has 4 aliphatic rings. The molecule has 5 rings (SSSR count). The highest BCUT2D eigenvalue weighted by molar-refractivity contribution is 5.85. The molecule has 4 heterocycles. The van der Waals surface area contributed by atoms with Crippen LogP contribution in [0.3, 0.4) is 0 Å². The van der Waals surface area contributed by atoms with Crippen molar-refractivity contribution < 1.29 is 14.3 Å². The summed E-state index contributed by atoms with van der Waals surface area (Å²) in [6, 6.07) is 12.2. The van der Waals surface area contributed by atoms with E-state index in [9.17, 15) is 9.59 Å². The molecule has 0 aromatic heterocycles. The van der Waals surface area contributed by atoms with Crippen molar-refractivity contribution in [3.8, 4) is 0 Å². The van der Waals surface area contributed by atoms with Crippen molar-refractivity contribution in [2.45, 2.75) is 96.3 Å². The minimum absolute atomic E-state index is 0. The van der Waals surface area contributed by atoms with Crippen molar-refractivity contribution in [3.63, 3.8) is 0 Å². The van der Waals surface area contributed by atoms with Gasteiger partial charge in [-0.2, -0.15) is 0 Å². The van der Waals surface area contributed by atoms with Crippen molar-refractivity contribution in [2.24, 2.45) is 11.3 Å². The molecule has 0 N–H and O–H groups in total. The van der Waals surface area contributed by atoms with Crippen LogP contribution < -0.4 is 0 Å². The molecule has 40 heavy (non-hydrogen) atoms. The SMILES string of the molecule is COCCN1CC2(CC3CCC(C2)N3C[C@H]2CN(C(=O)CC(C)(C)C)C[C@@H]2c2ccccc2)N(C(C)C)C1=O.Cl. The quantitative estimate of drug-likeness (QED) is 0.426. The Bertz CT molecular complexity index is 1010. The van der Waals surface area contributed by atoms with Gasteiger partial charge in [0.15, 0.2) is 0 Å². The number of nitrogens with zero attached hydrogens (tertiary/aromatic N) is 4. The van der Waals surface area contributed by atoms with Crippen LogP contribution in [0.4, 0.5) is 4.79 Å². The second-order valence-corrected chi connectivity index (χ2v) is 14.2. The number of methoxy groups -OCH3 is 1. The highest BCUT2D eigenvalue weighted by Crippen LogP contribution is 2.48. The summed E-state index contributed by atoms with van der Waals surface area (Å²) in [6.45, 7) is 15.6. The first-order valence-electron chi connectivity index (χ1n) is 15.2. The minimum Gasteiger partial charge on any atom is -0.383 e. The summed E-state index contributed by atoms with van der Waals surface area (Å²) < 4.78 is 5.32. The highest BCUT2D eigenvalue weighted by atomic mass is 35.5. The number of urea groups is 1. The van der Waals surface area contributed by atoms with Gasteiger partial charge in [0.25, 0.3) is 0 Å². The van der Waals surface area contributed by atoms with Crippen LogP contribution in [0.5, 0.6) is 0 Å². The fourth-order valence-electron chi connectivity index (χ4n) is 8.21. The molecule has 0 aliphatic carbocycles. The summed E-state index contributed by atoms with van der Waals surface area (Å²) >= 11 is 0. The number of fused-ring (bicyclic) bond motifs is 2. The van der Waals surface area contributed by atoms with Gasteiger partial charge in [-0.3, -0.25) is 9.69 Å². The van der Waals surface area contributed by atoms with Crippen LogP contribution >= 0.6 is 12.4 Å². The summed E-state index contributed by atoms with van der Waals surface area (Å²) in [6.07, 6.45) is 5.11. The number of piperidine rings is 1. The number of rotatable bonds is 8. The van der Waals surface area contributed by atoms with Gasteiger partial charge in [-0.1, -0.05) is 51.1 Å². The molecule has 2 bridgehead atoms. The molecule has 3 amide bonds. The molecule has 4 saturated heterocycles. The number of hydrogen-bond donors (Lipinski definition) is 0. The summed E-state index contributed by atoms with van der Waals surface area (Å²) in [7, 11) is 1.71. The smallest absolute Gasteiger partial charge is 0.320 e. The fraction of sp³-hybridized carbons (Fsp3) is 0.750. The van der Waals surface area contributed by atoms with Gasteiger partial charge in [-0.25, -0.2) is 4.79 Å². The van der Waals surface area contributed by atoms with E-state index in [1.807, 2.05) is 4.90 Å². The summed E-state index contributed by atoms with van der Waals surface area (Å²) in [5, 5.41) is 0. The molecule has 1 spiro atoms. The summed E-state index contributed by atoms with van der Waals surface area (Å²) in [5.74, 6) is 1.09. The highest BCUT2D eigenvalue weighted by Gasteiger charge is 2.58. The predicted molar refractivity (Wildman–Crippen MR) is 162 cm³/mol. The van der Waals surface area contributed by atoms with E-state index >= 15 is 0 Å². The van der Waals surface area contributed by atoms with Gasteiger partial charge in [0.1, 0.15) is 0 Å². The van der Waals surface area contributed by atoms with Gasteiger partial charge < -0.3 is 19.4 Å². The molecule has 4 fully saturated rings. The molecule has 1 aromatic carbocycles. The molecular formula is C32H51ClN4O3. The lowest BCUT2D eigenvalue weighted by atomic mass is 9.80. The minimum atomic E-state index is -0.0788. The van der Waals surface area contributed by atoms with E-state index < -0.39 is 0 Å². The van der Waals surface area contributed by atoms with Crippen molar-refractivity contribution in [3.05, 3.63) is 35.9 Å². The first kappa shape index (κ1) is 31.1. The van der Waals surface area contributed by atoms with Crippen molar-refractivity contribution >= 4 is 24.3 Å². The fourth-order valence-corrected chi connectivity index (χ4v) is 8.21. The monoisotopic (exact) mass is 574 g/mol. The largest absolute Gasteiger partial charge is 0.383 e. The van der Waals surface area contributed by atoms with Crippen molar-refractivity contribution in [1.29, 1.82) is 0 Å². The Kier molecular flexibility index (Phi) is 9.48. The van der Waals surface area contributed by atoms with Gasteiger partial charge in [0.2, 0.25) is 5.91 Å². The zero-order valence-corrected chi connectivity index (χ0v) is 26.3. The van der Waals surface area contributed by atoms with E-state index in [1.54, 1.807) is 7.11 Å². The molecule has 0 saturated carbocycles. The van der Waals surface area contributed by atoms with Crippen LogP contribution in [-0.4, -0.2) is 102 Å². The number of ether oxygens (including phenoxy) is 1. The lowest BCUT2D eigenvalue weighted by Gasteiger charge is -2.50. The lowest BCUT2D eigenvalue weighted by molar-refractivity contribution is -0.132. The standard InChI is InChI=1S/C32H50N4O3.ClH/c1-23(2)36-30(38)33(14-15-39-6)22-32(36)16-26-12-13-27(17-32)35(26)20-25-19-34(29(37)18-31(3,4)5)21-28(25)24-10-8-7-9-11-24;/h7-11,23,25-28H,12-22H2,1-6H3;1H/t25-,26?,27?,28-,32?;/m1./s1. The van der Waals surface area contributed by atoms with Gasteiger partial charge in [-0.15, -0.1) is 12.4 Å². The molecule has 224 valence electrons. The number of amides is 3.